The number of hydrogen-bond donors (Lipinski definition) is 1. The third kappa shape index (κ3) is 3.75. The number of hydrogen-bond acceptors (Lipinski definition) is 6. The standard InChI is InChI=1S/C17H18N2O5/c20-14(12-24-15-5-3-4-13(10-15)19(21)22)11-18-8-9-23-17-7-2-1-6-16(17)18/h1-7,10,14,20H,8-9,11-12H2/t14-/m1/s1. The van der Waals surface area contributed by atoms with Crippen molar-refractivity contribution in [1.82, 2.24) is 0 Å². The molecule has 1 aliphatic heterocycles. The van der Waals surface area contributed by atoms with Gasteiger partial charge in [0.25, 0.3) is 5.69 Å². The van der Waals surface area contributed by atoms with Crippen molar-refractivity contribution in [3.05, 3.63) is 58.6 Å². The van der Waals surface area contributed by atoms with Crippen LogP contribution in [0.25, 0.3) is 0 Å². The van der Waals surface area contributed by atoms with E-state index in [0.29, 0.717) is 25.4 Å². The summed E-state index contributed by atoms with van der Waals surface area (Å²) in [6.45, 7) is 1.70. The highest BCUT2D eigenvalue weighted by molar-refractivity contribution is 5.59. The number of benzene rings is 2. The molecule has 0 radical (unpaired) electrons. The fourth-order valence-electron chi connectivity index (χ4n) is 2.60. The topological polar surface area (TPSA) is 85.1 Å². The van der Waals surface area contributed by atoms with Crippen LogP contribution in [0.5, 0.6) is 11.5 Å². The monoisotopic (exact) mass is 330 g/mol. The van der Waals surface area contributed by atoms with Gasteiger partial charge >= 0.3 is 0 Å². The third-order valence-electron chi connectivity index (χ3n) is 3.73. The van der Waals surface area contributed by atoms with Gasteiger partial charge in [0.2, 0.25) is 0 Å². The number of β-amino-alcohol motifs (C(OH)–C–C–N with tert-alkyl or cyclic N) is 1. The Kier molecular flexibility index (Phi) is 4.81. The average Bonchev–Trinajstić information content (AvgIpc) is 2.60. The lowest BCUT2D eigenvalue weighted by atomic mass is 10.2. The van der Waals surface area contributed by atoms with Gasteiger partial charge in [0.1, 0.15) is 30.8 Å². The number of aliphatic hydroxyl groups excluding tert-OH is 1. The lowest BCUT2D eigenvalue weighted by Crippen LogP contribution is -2.40. The van der Waals surface area contributed by atoms with Gasteiger partial charge in [-0.1, -0.05) is 18.2 Å². The van der Waals surface area contributed by atoms with Gasteiger partial charge in [0, 0.05) is 12.6 Å². The maximum atomic E-state index is 10.8. The molecule has 24 heavy (non-hydrogen) atoms. The van der Waals surface area contributed by atoms with Crippen molar-refractivity contribution in [1.29, 1.82) is 0 Å². The van der Waals surface area contributed by atoms with Crippen molar-refractivity contribution in [2.45, 2.75) is 6.10 Å². The number of rotatable bonds is 6. The fraction of sp³-hybridized carbons (Fsp3) is 0.294. The van der Waals surface area contributed by atoms with Gasteiger partial charge in [-0.15, -0.1) is 0 Å². The number of anilines is 1. The van der Waals surface area contributed by atoms with E-state index in [1.54, 1.807) is 12.1 Å². The first-order chi connectivity index (χ1) is 11.6. The minimum Gasteiger partial charge on any atom is -0.491 e. The zero-order valence-corrected chi connectivity index (χ0v) is 13.0. The van der Waals surface area contributed by atoms with E-state index in [9.17, 15) is 15.2 Å². The number of nitro groups is 1. The van der Waals surface area contributed by atoms with E-state index in [1.165, 1.54) is 12.1 Å². The first-order valence-electron chi connectivity index (χ1n) is 7.65. The third-order valence-corrected chi connectivity index (χ3v) is 3.73. The van der Waals surface area contributed by atoms with Crippen LogP contribution in [0, 0.1) is 10.1 Å². The second-order valence-corrected chi connectivity index (χ2v) is 5.48. The van der Waals surface area contributed by atoms with E-state index >= 15 is 0 Å². The van der Waals surface area contributed by atoms with Crippen molar-refractivity contribution in [2.24, 2.45) is 0 Å². The van der Waals surface area contributed by atoms with E-state index in [0.717, 1.165) is 11.4 Å². The van der Waals surface area contributed by atoms with Crippen molar-refractivity contribution >= 4 is 11.4 Å². The summed E-state index contributed by atoms with van der Waals surface area (Å²) in [4.78, 5) is 12.3. The van der Waals surface area contributed by atoms with Crippen LogP contribution in [-0.4, -0.2) is 42.4 Å². The molecule has 0 aliphatic carbocycles. The maximum absolute atomic E-state index is 10.8. The Morgan fingerprint density at radius 1 is 1.29 bits per heavy atom. The molecule has 1 heterocycles. The van der Waals surface area contributed by atoms with Crippen LogP contribution in [0.4, 0.5) is 11.4 Å². The molecule has 7 nitrogen and oxygen atoms in total. The number of aliphatic hydroxyl groups is 1. The molecule has 0 aromatic heterocycles. The molecule has 2 aromatic rings. The highest BCUT2D eigenvalue weighted by Gasteiger charge is 2.20. The molecule has 0 spiro atoms. The van der Waals surface area contributed by atoms with Crippen molar-refractivity contribution in [3.8, 4) is 11.5 Å². The van der Waals surface area contributed by atoms with E-state index in [4.69, 9.17) is 9.47 Å². The van der Waals surface area contributed by atoms with Crippen LogP contribution >= 0.6 is 0 Å². The molecule has 0 fully saturated rings. The smallest absolute Gasteiger partial charge is 0.273 e. The summed E-state index contributed by atoms with van der Waals surface area (Å²) in [7, 11) is 0. The Labute approximate surface area is 139 Å². The first kappa shape index (κ1) is 16.1. The quantitative estimate of drug-likeness (QED) is 0.646. The van der Waals surface area contributed by atoms with Gasteiger partial charge in [-0.05, 0) is 18.2 Å². The van der Waals surface area contributed by atoms with E-state index in [1.807, 2.05) is 29.2 Å². The molecule has 2 aromatic carbocycles. The van der Waals surface area contributed by atoms with Gasteiger partial charge in [0.05, 0.1) is 23.2 Å². The number of non-ortho nitro benzene ring substituents is 1. The maximum Gasteiger partial charge on any atom is 0.273 e. The highest BCUT2D eigenvalue weighted by atomic mass is 16.6. The minimum atomic E-state index is -0.726. The van der Waals surface area contributed by atoms with Crippen LogP contribution in [0.1, 0.15) is 0 Å². The second-order valence-electron chi connectivity index (χ2n) is 5.48. The Bertz CT molecular complexity index is 722. The summed E-state index contributed by atoms with van der Waals surface area (Å²) in [5.41, 5.74) is 0.905. The Balaban J connectivity index is 1.58. The van der Waals surface area contributed by atoms with Crippen LogP contribution in [0.3, 0.4) is 0 Å². The zero-order valence-electron chi connectivity index (χ0n) is 13.0. The number of nitrogens with zero attached hydrogens (tertiary/aromatic N) is 2. The molecule has 0 saturated carbocycles. The van der Waals surface area contributed by atoms with Crippen molar-refractivity contribution in [3.63, 3.8) is 0 Å². The van der Waals surface area contributed by atoms with E-state index in [2.05, 4.69) is 0 Å². The predicted molar refractivity (Wildman–Crippen MR) is 88.7 cm³/mol. The molecule has 3 rings (SSSR count). The van der Waals surface area contributed by atoms with Gasteiger partial charge in [-0.25, -0.2) is 0 Å². The summed E-state index contributed by atoms with van der Waals surface area (Å²) in [6.07, 6.45) is -0.726. The van der Waals surface area contributed by atoms with Crippen LogP contribution < -0.4 is 14.4 Å². The van der Waals surface area contributed by atoms with E-state index < -0.39 is 11.0 Å². The predicted octanol–water partition coefficient (Wildman–Crippen LogP) is 2.23. The minimum absolute atomic E-state index is 0.0379. The summed E-state index contributed by atoms with van der Waals surface area (Å²) in [6, 6.07) is 13.6. The summed E-state index contributed by atoms with van der Waals surface area (Å²) < 4.78 is 11.1. The Morgan fingerprint density at radius 3 is 2.96 bits per heavy atom. The van der Waals surface area contributed by atoms with Crippen LogP contribution in [0.15, 0.2) is 48.5 Å². The molecule has 0 amide bonds. The summed E-state index contributed by atoms with van der Waals surface area (Å²) in [5.74, 6) is 1.17. The largest absolute Gasteiger partial charge is 0.491 e. The molecule has 1 atom stereocenters. The normalized spacial score (nSPS) is 14.5. The Morgan fingerprint density at radius 2 is 2.12 bits per heavy atom. The molecule has 126 valence electrons. The van der Waals surface area contributed by atoms with Gasteiger partial charge in [0.15, 0.2) is 0 Å². The molecule has 1 aliphatic rings. The molecule has 0 saturated heterocycles. The van der Waals surface area contributed by atoms with E-state index in [-0.39, 0.29) is 12.3 Å². The van der Waals surface area contributed by atoms with Crippen LogP contribution in [-0.2, 0) is 0 Å². The van der Waals surface area contributed by atoms with Gasteiger partial charge < -0.3 is 19.5 Å². The molecular weight excluding hydrogens is 312 g/mol. The SMILES string of the molecule is O=[N+]([O-])c1cccc(OC[C@H](O)CN2CCOc3ccccc32)c1. The Hall–Kier alpha value is -2.80. The molecule has 0 bridgehead atoms. The second kappa shape index (κ2) is 7.18. The van der Waals surface area contributed by atoms with Crippen molar-refractivity contribution in [2.75, 3.05) is 31.2 Å². The number of nitro benzene ring substituents is 1. The first-order valence-corrected chi connectivity index (χ1v) is 7.65. The van der Waals surface area contributed by atoms with Crippen LogP contribution in [0.2, 0.25) is 0 Å². The number of ether oxygens (including phenoxy) is 2. The van der Waals surface area contributed by atoms with Gasteiger partial charge in [-0.3, -0.25) is 10.1 Å². The zero-order chi connectivity index (χ0) is 16.9. The number of para-hydroxylation sites is 2. The summed E-state index contributed by atoms with van der Waals surface area (Å²) >= 11 is 0. The lowest BCUT2D eigenvalue weighted by Gasteiger charge is -2.32. The fourth-order valence-corrected chi connectivity index (χ4v) is 2.60. The average molecular weight is 330 g/mol. The molecule has 0 unspecified atom stereocenters. The molecule has 1 N–H and O–H groups in total. The van der Waals surface area contributed by atoms with Gasteiger partial charge in [-0.2, -0.15) is 0 Å². The highest BCUT2D eigenvalue weighted by Crippen LogP contribution is 2.30. The molecular formula is C17H18N2O5. The molecule has 7 heteroatoms. The lowest BCUT2D eigenvalue weighted by molar-refractivity contribution is -0.384. The number of fused-ring (bicyclic) bond motifs is 1. The van der Waals surface area contributed by atoms with Crippen molar-refractivity contribution < 1.29 is 19.5 Å². The summed E-state index contributed by atoms with van der Waals surface area (Å²) in [5, 5.41) is 21.0.